The van der Waals surface area contributed by atoms with Gasteiger partial charge in [-0.1, -0.05) is 29.8 Å². The van der Waals surface area contributed by atoms with Crippen LogP contribution in [0.15, 0.2) is 53.3 Å². The summed E-state index contributed by atoms with van der Waals surface area (Å²) in [4.78, 5) is 36.9. The number of halogens is 1. The van der Waals surface area contributed by atoms with Crippen molar-refractivity contribution in [3.63, 3.8) is 0 Å². The van der Waals surface area contributed by atoms with Crippen LogP contribution in [0.3, 0.4) is 0 Å². The van der Waals surface area contributed by atoms with E-state index in [9.17, 15) is 14.4 Å². The molecule has 7 heteroatoms. The number of aromatic nitrogens is 2. The van der Waals surface area contributed by atoms with Gasteiger partial charge in [-0.05, 0) is 37.3 Å². The fraction of sp³-hybridized carbons (Fsp3) is 0.158. The van der Waals surface area contributed by atoms with Gasteiger partial charge in [0.2, 0.25) is 0 Å². The van der Waals surface area contributed by atoms with Gasteiger partial charge in [-0.3, -0.25) is 9.59 Å². The van der Waals surface area contributed by atoms with Gasteiger partial charge in [-0.25, -0.2) is 9.48 Å². The second-order valence-electron chi connectivity index (χ2n) is 5.52. The fourth-order valence-corrected chi connectivity index (χ4v) is 2.64. The molecule has 0 atom stereocenters. The van der Waals surface area contributed by atoms with Gasteiger partial charge in [0.25, 0.3) is 5.56 Å². The molecule has 26 heavy (non-hydrogen) atoms. The molecule has 0 aliphatic carbocycles. The molecule has 0 unspecified atom stereocenters. The summed E-state index contributed by atoms with van der Waals surface area (Å²) in [7, 11) is 0. The smallest absolute Gasteiger partial charge is 0.359 e. The van der Waals surface area contributed by atoms with Crippen molar-refractivity contribution in [1.82, 2.24) is 9.78 Å². The van der Waals surface area contributed by atoms with Crippen molar-refractivity contribution in [3.05, 3.63) is 75.2 Å². The Hall–Kier alpha value is -2.99. The molecule has 0 N–H and O–H groups in total. The summed E-state index contributed by atoms with van der Waals surface area (Å²) in [5, 5.41) is 5.36. The van der Waals surface area contributed by atoms with Gasteiger partial charge in [-0.15, -0.1) is 0 Å². The number of nitrogens with zero attached hydrogens (tertiary/aromatic N) is 2. The molecular formula is C19H15ClN2O4. The average Bonchev–Trinajstić information content (AvgIpc) is 2.67. The van der Waals surface area contributed by atoms with E-state index in [0.717, 1.165) is 0 Å². The summed E-state index contributed by atoms with van der Waals surface area (Å²) in [6.07, 6.45) is 0. The topological polar surface area (TPSA) is 78.3 Å². The van der Waals surface area contributed by atoms with E-state index in [2.05, 4.69) is 5.10 Å². The van der Waals surface area contributed by atoms with E-state index < -0.39 is 12.6 Å². The minimum Gasteiger partial charge on any atom is -0.452 e. The second-order valence-corrected chi connectivity index (χ2v) is 5.96. The van der Waals surface area contributed by atoms with Gasteiger partial charge in [-0.2, -0.15) is 5.10 Å². The van der Waals surface area contributed by atoms with Gasteiger partial charge in [0.1, 0.15) is 0 Å². The number of hydrogen-bond donors (Lipinski definition) is 0. The van der Waals surface area contributed by atoms with Crippen LogP contribution in [0.25, 0.3) is 10.8 Å². The molecule has 0 fully saturated rings. The first-order chi connectivity index (χ1) is 12.5. The normalized spacial score (nSPS) is 10.7. The predicted molar refractivity (Wildman–Crippen MR) is 97.7 cm³/mol. The van der Waals surface area contributed by atoms with Crippen LogP contribution < -0.4 is 5.56 Å². The van der Waals surface area contributed by atoms with Crippen LogP contribution in [0, 0.1) is 0 Å². The summed E-state index contributed by atoms with van der Waals surface area (Å²) in [5.74, 6) is -1.12. The molecule has 132 valence electrons. The fourth-order valence-electron chi connectivity index (χ4n) is 2.52. The monoisotopic (exact) mass is 370 g/mol. The Bertz CT molecular complexity index is 1040. The summed E-state index contributed by atoms with van der Waals surface area (Å²) in [5.41, 5.74) is 0.112. The highest BCUT2D eigenvalue weighted by Crippen LogP contribution is 2.15. The Labute approximate surface area is 154 Å². The number of rotatable bonds is 5. The lowest BCUT2D eigenvalue weighted by Crippen LogP contribution is -2.26. The van der Waals surface area contributed by atoms with Crippen molar-refractivity contribution in [3.8, 4) is 0 Å². The van der Waals surface area contributed by atoms with Gasteiger partial charge in [0, 0.05) is 22.5 Å². The SMILES string of the molecule is CCn1nc(C(=O)OCC(=O)c2ccc(Cl)cc2)c2ccccc2c1=O. The number of aryl methyl sites for hydroxylation is 1. The number of carbonyl (C=O) groups is 2. The lowest BCUT2D eigenvalue weighted by atomic mass is 10.1. The van der Waals surface area contributed by atoms with Crippen molar-refractivity contribution < 1.29 is 14.3 Å². The summed E-state index contributed by atoms with van der Waals surface area (Å²) >= 11 is 5.79. The second kappa shape index (κ2) is 7.49. The van der Waals surface area contributed by atoms with Crippen molar-refractivity contribution in [2.45, 2.75) is 13.5 Å². The van der Waals surface area contributed by atoms with Crippen LogP contribution in [0.1, 0.15) is 27.8 Å². The maximum absolute atomic E-state index is 12.5. The maximum Gasteiger partial charge on any atom is 0.359 e. The number of esters is 1. The summed E-state index contributed by atoms with van der Waals surface area (Å²) in [6.45, 7) is 1.64. The Morgan fingerprint density at radius 3 is 2.38 bits per heavy atom. The zero-order valence-corrected chi connectivity index (χ0v) is 14.7. The van der Waals surface area contributed by atoms with Crippen LogP contribution >= 0.6 is 11.6 Å². The third-order valence-corrected chi connectivity index (χ3v) is 4.11. The first-order valence-corrected chi connectivity index (χ1v) is 8.34. The molecule has 0 bridgehead atoms. The maximum atomic E-state index is 12.5. The Morgan fingerprint density at radius 1 is 1.08 bits per heavy atom. The molecule has 0 aliphatic rings. The van der Waals surface area contributed by atoms with E-state index in [0.29, 0.717) is 27.9 Å². The zero-order chi connectivity index (χ0) is 18.7. The predicted octanol–water partition coefficient (Wildman–Crippen LogP) is 3.11. The number of ether oxygens (including phenoxy) is 1. The quantitative estimate of drug-likeness (QED) is 0.509. The number of hydrogen-bond acceptors (Lipinski definition) is 5. The molecule has 3 rings (SSSR count). The highest BCUT2D eigenvalue weighted by Gasteiger charge is 2.19. The molecule has 0 saturated heterocycles. The standard InChI is InChI=1S/C19H15ClN2O4/c1-2-22-18(24)15-6-4-3-5-14(15)17(21-22)19(25)26-11-16(23)12-7-9-13(20)10-8-12/h3-10H,2,11H2,1H3. The largest absolute Gasteiger partial charge is 0.452 e. The molecule has 0 spiro atoms. The van der Waals surface area contributed by atoms with Gasteiger partial charge < -0.3 is 4.74 Å². The van der Waals surface area contributed by atoms with Gasteiger partial charge in [0.05, 0.1) is 5.39 Å². The molecule has 0 saturated carbocycles. The van der Waals surface area contributed by atoms with Crippen molar-refractivity contribution in [2.24, 2.45) is 0 Å². The number of fused-ring (bicyclic) bond motifs is 1. The summed E-state index contributed by atoms with van der Waals surface area (Å²) in [6, 6.07) is 13.0. The third-order valence-electron chi connectivity index (χ3n) is 3.86. The number of benzene rings is 2. The van der Waals surface area contributed by atoms with Crippen molar-refractivity contribution in [1.29, 1.82) is 0 Å². The van der Waals surface area contributed by atoms with Crippen molar-refractivity contribution in [2.75, 3.05) is 6.61 Å². The van der Waals surface area contributed by atoms with E-state index in [1.165, 1.54) is 4.68 Å². The number of ketones is 1. The first-order valence-electron chi connectivity index (χ1n) is 7.97. The van der Waals surface area contributed by atoms with E-state index in [-0.39, 0.29) is 17.0 Å². The molecule has 0 radical (unpaired) electrons. The highest BCUT2D eigenvalue weighted by molar-refractivity contribution is 6.30. The van der Waals surface area contributed by atoms with E-state index in [1.807, 2.05) is 0 Å². The third kappa shape index (κ3) is 3.50. The van der Waals surface area contributed by atoms with Gasteiger partial charge >= 0.3 is 5.97 Å². The Morgan fingerprint density at radius 2 is 1.73 bits per heavy atom. The van der Waals surface area contributed by atoms with Crippen LogP contribution in [0.2, 0.25) is 5.02 Å². The first kappa shape index (κ1) is 17.8. The van der Waals surface area contributed by atoms with E-state index in [4.69, 9.17) is 16.3 Å². The van der Waals surface area contributed by atoms with Crippen LogP contribution in [0.4, 0.5) is 0 Å². The molecule has 6 nitrogen and oxygen atoms in total. The molecule has 2 aromatic carbocycles. The molecule has 0 amide bonds. The van der Waals surface area contributed by atoms with Crippen LogP contribution in [-0.2, 0) is 11.3 Å². The molecular weight excluding hydrogens is 356 g/mol. The van der Waals surface area contributed by atoms with Gasteiger partial charge in [0.15, 0.2) is 18.1 Å². The van der Waals surface area contributed by atoms with Crippen LogP contribution in [-0.4, -0.2) is 28.1 Å². The minimum atomic E-state index is -0.759. The lowest BCUT2D eigenvalue weighted by molar-refractivity contribution is 0.0468. The molecule has 1 aromatic heterocycles. The minimum absolute atomic E-state index is 0.00551. The zero-order valence-electron chi connectivity index (χ0n) is 13.9. The van der Waals surface area contributed by atoms with Crippen molar-refractivity contribution >= 4 is 34.1 Å². The number of Topliss-reactive ketones (excluding diaryl/α,β-unsaturated/α-hetero) is 1. The van der Waals surface area contributed by atoms with E-state index >= 15 is 0 Å². The molecule has 3 aromatic rings. The Kier molecular flexibility index (Phi) is 5.14. The Balaban J connectivity index is 1.86. The van der Waals surface area contributed by atoms with Crippen LogP contribution in [0.5, 0.6) is 0 Å². The highest BCUT2D eigenvalue weighted by atomic mass is 35.5. The molecule has 0 aliphatic heterocycles. The number of carbonyl (C=O) groups excluding carboxylic acids is 2. The lowest BCUT2D eigenvalue weighted by Gasteiger charge is -2.09. The van der Waals surface area contributed by atoms with E-state index in [1.54, 1.807) is 55.5 Å². The average molecular weight is 371 g/mol. The molecule has 1 heterocycles. The summed E-state index contributed by atoms with van der Waals surface area (Å²) < 4.78 is 6.32.